The van der Waals surface area contributed by atoms with Gasteiger partial charge in [-0.3, -0.25) is 4.68 Å². The van der Waals surface area contributed by atoms with Crippen LogP contribution in [0.25, 0.3) is 0 Å². The molecule has 0 saturated heterocycles. The van der Waals surface area contributed by atoms with Crippen molar-refractivity contribution in [1.29, 1.82) is 0 Å². The average Bonchev–Trinajstić information content (AvgIpc) is 3.10. The SMILES string of the molecule is CCNCCn1cc(S(=O)(=O)NC(C)c2ccsc2)cn1. The maximum Gasteiger partial charge on any atom is 0.244 e. The van der Waals surface area contributed by atoms with E-state index in [1.807, 2.05) is 30.7 Å². The van der Waals surface area contributed by atoms with Gasteiger partial charge in [0.15, 0.2) is 0 Å². The Morgan fingerprint density at radius 3 is 2.95 bits per heavy atom. The summed E-state index contributed by atoms with van der Waals surface area (Å²) in [4.78, 5) is 0.195. The van der Waals surface area contributed by atoms with Crippen molar-refractivity contribution in [2.45, 2.75) is 31.3 Å². The molecule has 0 fully saturated rings. The smallest absolute Gasteiger partial charge is 0.244 e. The fourth-order valence-electron chi connectivity index (χ4n) is 1.87. The first-order valence-electron chi connectivity index (χ1n) is 6.80. The minimum atomic E-state index is -3.54. The molecule has 0 aliphatic rings. The van der Waals surface area contributed by atoms with E-state index in [-0.39, 0.29) is 10.9 Å². The van der Waals surface area contributed by atoms with E-state index >= 15 is 0 Å². The van der Waals surface area contributed by atoms with Gasteiger partial charge in [0.05, 0.1) is 12.7 Å². The lowest BCUT2D eigenvalue weighted by atomic mass is 10.2. The molecule has 2 aromatic rings. The zero-order valence-electron chi connectivity index (χ0n) is 12.1. The fraction of sp³-hybridized carbons (Fsp3) is 0.462. The predicted octanol–water partition coefficient (Wildman–Crippen LogP) is 1.59. The number of likely N-dealkylation sites (N-methyl/N-ethyl adjacent to an activating group) is 1. The van der Waals surface area contributed by atoms with Gasteiger partial charge in [-0.1, -0.05) is 6.92 Å². The molecule has 21 heavy (non-hydrogen) atoms. The Bertz CT molecular complexity index is 650. The Kier molecular flexibility index (Phi) is 5.51. The Morgan fingerprint density at radius 1 is 1.48 bits per heavy atom. The number of rotatable bonds is 8. The molecule has 1 atom stereocenters. The van der Waals surface area contributed by atoms with Gasteiger partial charge in [-0.2, -0.15) is 16.4 Å². The highest BCUT2D eigenvalue weighted by atomic mass is 32.2. The number of nitrogens with zero attached hydrogens (tertiary/aromatic N) is 2. The normalized spacial score (nSPS) is 13.4. The van der Waals surface area contributed by atoms with E-state index < -0.39 is 10.0 Å². The zero-order valence-corrected chi connectivity index (χ0v) is 13.7. The van der Waals surface area contributed by atoms with E-state index in [4.69, 9.17) is 0 Å². The second kappa shape index (κ2) is 7.17. The molecule has 0 aliphatic carbocycles. The molecule has 2 heterocycles. The second-order valence-corrected chi connectivity index (χ2v) is 7.19. The molecule has 116 valence electrons. The van der Waals surface area contributed by atoms with Crippen LogP contribution in [0.4, 0.5) is 0 Å². The summed E-state index contributed by atoms with van der Waals surface area (Å²) in [7, 11) is -3.54. The minimum absolute atomic E-state index is 0.195. The summed E-state index contributed by atoms with van der Waals surface area (Å²) in [6.45, 7) is 6.13. The Labute approximate surface area is 129 Å². The molecule has 0 radical (unpaired) electrons. The van der Waals surface area contributed by atoms with Crippen LogP contribution in [-0.4, -0.2) is 31.3 Å². The van der Waals surface area contributed by atoms with Crippen molar-refractivity contribution in [3.05, 3.63) is 34.8 Å². The molecular weight excluding hydrogens is 308 g/mol. The third-order valence-corrected chi connectivity index (χ3v) is 5.26. The number of hydrogen-bond acceptors (Lipinski definition) is 5. The van der Waals surface area contributed by atoms with Crippen molar-refractivity contribution in [2.24, 2.45) is 0 Å². The van der Waals surface area contributed by atoms with Gasteiger partial charge in [0.2, 0.25) is 10.0 Å². The standard InChI is InChI=1S/C13H20N4O2S2/c1-3-14-5-6-17-9-13(8-15-17)21(18,19)16-11(2)12-4-7-20-10-12/h4,7-11,14,16H,3,5-6H2,1-2H3. The molecule has 0 amide bonds. The van der Waals surface area contributed by atoms with Crippen LogP contribution < -0.4 is 10.0 Å². The van der Waals surface area contributed by atoms with Gasteiger partial charge in [-0.15, -0.1) is 0 Å². The van der Waals surface area contributed by atoms with Crippen LogP contribution >= 0.6 is 11.3 Å². The molecule has 0 aromatic carbocycles. The molecule has 2 N–H and O–H groups in total. The first kappa shape index (κ1) is 16.2. The Hall–Kier alpha value is -1.22. The van der Waals surface area contributed by atoms with E-state index in [1.54, 1.807) is 22.2 Å². The van der Waals surface area contributed by atoms with Crippen LogP contribution in [0.15, 0.2) is 34.1 Å². The summed E-state index contributed by atoms with van der Waals surface area (Å²) in [6.07, 6.45) is 2.94. The highest BCUT2D eigenvalue weighted by Gasteiger charge is 2.20. The molecule has 2 aromatic heterocycles. The van der Waals surface area contributed by atoms with Crippen molar-refractivity contribution in [2.75, 3.05) is 13.1 Å². The van der Waals surface area contributed by atoms with Crippen LogP contribution in [-0.2, 0) is 16.6 Å². The van der Waals surface area contributed by atoms with Crippen molar-refractivity contribution in [3.8, 4) is 0 Å². The van der Waals surface area contributed by atoms with Crippen molar-refractivity contribution >= 4 is 21.4 Å². The van der Waals surface area contributed by atoms with Crippen LogP contribution in [0.5, 0.6) is 0 Å². The van der Waals surface area contributed by atoms with E-state index in [0.29, 0.717) is 6.54 Å². The minimum Gasteiger partial charge on any atom is -0.315 e. The first-order chi connectivity index (χ1) is 10.0. The van der Waals surface area contributed by atoms with E-state index in [2.05, 4.69) is 15.1 Å². The highest BCUT2D eigenvalue weighted by molar-refractivity contribution is 7.89. The predicted molar refractivity (Wildman–Crippen MR) is 83.8 cm³/mol. The summed E-state index contributed by atoms with van der Waals surface area (Å²) < 4.78 is 28.9. The van der Waals surface area contributed by atoms with Crippen molar-refractivity contribution in [3.63, 3.8) is 0 Å². The summed E-state index contributed by atoms with van der Waals surface area (Å²) in [5.41, 5.74) is 0.961. The summed E-state index contributed by atoms with van der Waals surface area (Å²) in [5, 5.41) is 11.1. The fourth-order valence-corrected chi connectivity index (χ4v) is 3.80. The van der Waals surface area contributed by atoms with Gasteiger partial charge in [-0.25, -0.2) is 13.1 Å². The maximum atomic E-state index is 12.3. The van der Waals surface area contributed by atoms with Crippen LogP contribution in [0.3, 0.4) is 0 Å². The molecule has 1 unspecified atom stereocenters. The molecule has 6 nitrogen and oxygen atoms in total. The van der Waals surface area contributed by atoms with E-state index in [0.717, 1.165) is 18.7 Å². The molecular formula is C13H20N4O2S2. The van der Waals surface area contributed by atoms with Crippen molar-refractivity contribution < 1.29 is 8.42 Å². The van der Waals surface area contributed by atoms with Crippen LogP contribution in [0.2, 0.25) is 0 Å². The molecule has 0 spiro atoms. The Balaban J connectivity index is 2.02. The number of sulfonamides is 1. The quantitative estimate of drug-likeness (QED) is 0.722. The molecule has 0 bridgehead atoms. The maximum absolute atomic E-state index is 12.3. The van der Waals surface area contributed by atoms with E-state index in [9.17, 15) is 8.42 Å². The number of hydrogen-bond donors (Lipinski definition) is 2. The summed E-state index contributed by atoms with van der Waals surface area (Å²) in [5.74, 6) is 0. The van der Waals surface area contributed by atoms with Gasteiger partial charge >= 0.3 is 0 Å². The van der Waals surface area contributed by atoms with Crippen molar-refractivity contribution in [1.82, 2.24) is 19.8 Å². The van der Waals surface area contributed by atoms with Crippen LogP contribution in [0, 0.1) is 0 Å². The zero-order chi connectivity index (χ0) is 15.3. The summed E-state index contributed by atoms with van der Waals surface area (Å²) >= 11 is 1.55. The van der Waals surface area contributed by atoms with Gasteiger partial charge in [-0.05, 0) is 35.9 Å². The monoisotopic (exact) mass is 328 g/mol. The van der Waals surface area contributed by atoms with Gasteiger partial charge in [0.25, 0.3) is 0 Å². The van der Waals surface area contributed by atoms with Crippen LogP contribution in [0.1, 0.15) is 25.5 Å². The number of aromatic nitrogens is 2. The lowest BCUT2D eigenvalue weighted by molar-refractivity contribution is 0.559. The largest absolute Gasteiger partial charge is 0.315 e. The molecule has 0 saturated carbocycles. The van der Waals surface area contributed by atoms with Gasteiger partial charge in [0, 0.05) is 18.8 Å². The highest BCUT2D eigenvalue weighted by Crippen LogP contribution is 2.18. The third kappa shape index (κ3) is 4.37. The number of thiophene rings is 1. The molecule has 0 aliphatic heterocycles. The lowest BCUT2D eigenvalue weighted by Gasteiger charge is -2.11. The van der Waals surface area contributed by atoms with Gasteiger partial charge < -0.3 is 5.32 Å². The second-order valence-electron chi connectivity index (χ2n) is 4.69. The summed E-state index contributed by atoms with van der Waals surface area (Å²) in [6, 6.07) is 1.66. The molecule has 2 rings (SSSR count). The average molecular weight is 328 g/mol. The number of nitrogens with one attached hydrogen (secondary N) is 2. The molecule has 8 heteroatoms. The lowest BCUT2D eigenvalue weighted by Crippen LogP contribution is -2.26. The van der Waals surface area contributed by atoms with Gasteiger partial charge in [0.1, 0.15) is 4.90 Å². The van der Waals surface area contributed by atoms with E-state index in [1.165, 1.54) is 6.20 Å². The third-order valence-electron chi connectivity index (χ3n) is 3.06. The topological polar surface area (TPSA) is 76.0 Å². The first-order valence-corrected chi connectivity index (χ1v) is 9.23. The Morgan fingerprint density at radius 2 is 2.29 bits per heavy atom.